The van der Waals surface area contributed by atoms with Crippen LogP contribution in [0.2, 0.25) is 0 Å². The molecule has 2 rings (SSSR count). The quantitative estimate of drug-likeness (QED) is 0.757. The van der Waals surface area contributed by atoms with Gasteiger partial charge in [-0.05, 0) is 42.0 Å². The van der Waals surface area contributed by atoms with Crippen molar-refractivity contribution >= 4 is 5.97 Å². The molecular formula is C17H13F2NO4. The molecule has 0 aliphatic rings. The van der Waals surface area contributed by atoms with Gasteiger partial charge in [-0.25, -0.2) is 4.79 Å². The zero-order chi connectivity index (χ0) is 17.5. The molecule has 0 N–H and O–H groups in total. The SMILES string of the molecule is COc1cc(COC(=O)c2ccc(C#N)cc2)ccc1OC(F)F. The Balaban J connectivity index is 2.03. The highest BCUT2D eigenvalue weighted by molar-refractivity contribution is 5.89. The zero-order valence-corrected chi connectivity index (χ0v) is 12.7. The summed E-state index contributed by atoms with van der Waals surface area (Å²) >= 11 is 0. The Hall–Kier alpha value is -3.14. The summed E-state index contributed by atoms with van der Waals surface area (Å²) in [4.78, 5) is 11.9. The molecule has 0 saturated heterocycles. The Morgan fingerprint density at radius 2 is 1.88 bits per heavy atom. The molecule has 0 aliphatic carbocycles. The lowest BCUT2D eigenvalue weighted by Crippen LogP contribution is -2.06. The summed E-state index contributed by atoms with van der Waals surface area (Å²) in [6.45, 7) is -3.02. The van der Waals surface area contributed by atoms with Crippen molar-refractivity contribution in [3.63, 3.8) is 0 Å². The fourth-order valence-electron chi connectivity index (χ4n) is 1.91. The molecule has 5 nitrogen and oxygen atoms in total. The summed E-state index contributed by atoms with van der Waals surface area (Å²) in [5.74, 6) is -0.553. The molecule has 24 heavy (non-hydrogen) atoms. The number of esters is 1. The largest absolute Gasteiger partial charge is 0.493 e. The summed E-state index contributed by atoms with van der Waals surface area (Å²) in [5, 5.41) is 8.71. The number of hydrogen-bond donors (Lipinski definition) is 0. The monoisotopic (exact) mass is 333 g/mol. The molecule has 0 amide bonds. The number of carbonyl (C=O) groups is 1. The lowest BCUT2D eigenvalue weighted by Gasteiger charge is -2.11. The van der Waals surface area contributed by atoms with Crippen LogP contribution in [-0.2, 0) is 11.3 Å². The van der Waals surface area contributed by atoms with Gasteiger partial charge in [0.2, 0.25) is 0 Å². The van der Waals surface area contributed by atoms with Gasteiger partial charge in [-0.3, -0.25) is 0 Å². The van der Waals surface area contributed by atoms with E-state index in [9.17, 15) is 13.6 Å². The number of hydrogen-bond acceptors (Lipinski definition) is 5. The van der Waals surface area contributed by atoms with E-state index in [4.69, 9.17) is 14.7 Å². The van der Waals surface area contributed by atoms with Crippen LogP contribution in [0, 0.1) is 11.3 Å². The highest BCUT2D eigenvalue weighted by Crippen LogP contribution is 2.29. The Bertz CT molecular complexity index is 754. The van der Waals surface area contributed by atoms with Gasteiger partial charge in [-0.1, -0.05) is 6.07 Å². The smallest absolute Gasteiger partial charge is 0.387 e. The van der Waals surface area contributed by atoms with Crippen LogP contribution in [0.1, 0.15) is 21.5 Å². The molecule has 0 radical (unpaired) electrons. The second kappa shape index (κ2) is 7.92. The highest BCUT2D eigenvalue weighted by atomic mass is 19.3. The van der Waals surface area contributed by atoms with Gasteiger partial charge < -0.3 is 14.2 Å². The van der Waals surface area contributed by atoms with Crippen molar-refractivity contribution < 1.29 is 27.8 Å². The first-order valence-corrected chi connectivity index (χ1v) is 6.82. The van der Waals surface area contributed by atoms with Crippen molar-refractivity contribution in [2.75, 3.05) is 7.11 Å². The van der Waals surface area contributed by atoms with Gasteiger partial charge in [0, 0.05) is 0 Å². The van der Waals surface area contributed by atoms with E-state index in [0.29, 0.717) is 16.7 Å². The molecule has 0 aliphatic heterocycles. The maximum atomic E-state index is 12.3. The molecule has 0 heterocycles. The van der Waals surface area contributed by atoms with Crippen molar-refractivity contribution in [1.82, 2.24) is 0 Å². The van der Waals surface area contributed by atoms with E-state index >= 15 is 0 Å². The summed E-state index contributed by atoms with van der Waals surface area (Å²) in [5.41, 5.74) is 1.29. The van der Waals surface area contributed by atoms with Crippen LogP contribution < -0.4 is 9.47 Å². The predicted octanol–water partition coefficient (Wildman–Crippen LogP) is 3.53. The number of alkyl halides is 2. The third-order valence-electron chi connectivity index (χ3n) is 3.06. The van der Waals surface area contributed by atoms with E-state index in [1.165, 1.54) is 49.6 Å². The fraction of sp³-hybridized carbons (Fsp3) is 0.176. The molecule has 2 aromatic rings. The standard InChI is InChI=1S/C17H13F2NO4/c1-22-15-8-12(4-7-14(15)24-17(18)19)10-23-16(21)13-5-2-11(9-20)3-6-13/h2-8,17H,10H2,1H3. The number of carbonyl (C=O) groups excluding carboxylic acids is 1. The van der Waals surface area contributed by atoms with Crippen LogP contribution >= 0.6 is 0 Å². The second-order valence-electron chi connectivity index (χ2n) is 4.63. The summed E-state index contributed by atoms with van der Waals surface area (Å²) in [6, 6.07) is 12.2. The normalized spacial score (nSPS) is 10.1. The molecule has 124 valence electrons. The number of nitrogens with zero attached hydrogens (tertiary/aromatic N) is 1. The number of ether oxygens (including phenoxy) is 3. The number of nitriles is 1. The van der Waals surface area contributed by atoms with Crippen LogP contribution in [0.25, 0.3) is 0 Å². The Morgan fingerprint density at radius 3 is 2.46 bits per heavy atom. The van der Waals surface area contributed by atoms with Crippen molar-refractivity contribution in [3.05, 3.63) is 59.2 Å². The molecule has 0 bridgehead atoms. The van der Waals surface area contributed by atoms with Crippen LogP contribution in [0.5, 0.6) is 11.5 Å². The van der Waals surface area contributed by atoms with Gasteiger partial charge >= 0.3 is 12.6 Å². The van der Waals surface area contributed by atoms with Crippen molar-refractivity contribution in [1.29, 1.82) is 5.26 Å². The molecular weight excluding hydrogens is 320 g/mol. The van der Waals surface area contributed by atoms with Gasteiger partial charge in [0.05, 0.1) is 24.3 Å². The molecule has 0 saturated carbocycles. The van der Waals surface area contributed by atoms with Gasteiger partial charge in [-0.2, -0.15) is 14.0 Å². The van der Waals surface area contributed by atoms with Crippen LogP contribution in [0.4, 0.5) is 8.78 Å². The van der Waals surface area contributed by atoms with Crippen LogP contribution in [-0.4, -0.2) is 19.7 Å². The molecule has 0 fully saturated rings. The maximum absolute atomic E-state index is 12.3. The number of rotatable bonds is 6. The first kappa shape index (κ1) is 17.2. The average molecular weight is 333 g/mol. The van der Waals surface area contributed by atoms with Crippen molar-refractivity contribution in [2.24, 2.45) is 0 Å². The third kappa shape index (κ3) is 4.43. The Morgan fingerprint density at radius 1 is 1.17 bits per heavy atom. The average Bonchev–Trinajstić information content (AvgIpc) is 2.60. The van der Waals surface area contributed by atoms with Crippen molar-refractivity contribution in [3.8, 4) is 17.6 Å². The predicted molar refractivity (Wildman–Crippen MR) is 79.9 cm³/mol. The zero-order valence-electron chi connectivity index (χ0n) is 12.7. The topological polar surface area (TPSA) is 68.5 Å². The van der Waals surface area contributed by atoms with E-state index in [1.54, 1.807) is 0 Å². The van der Waals surface area contributed by atoms with Gasteiger partial charge in [-0.15, -0.1) is 0 Å². The molecule has 0 spiro atoms. The van der Waals surface area contributed by atoms with Crippen molar-refractivity contribution in [2.45, 2.75) is 13.2 Å². The molecule has 0 atom stereocenters. The lowest BCUT2D eigenvalue weighted by molar-refractivity contribution is -0.0512. The molecule has 0 unspecified atom stereocenters. The fourth-order valence-corrected chi connectivity index (χ4v) is 1.91. The summed E-state index contributed by atoms with van der Waals surface area (Å²) < 4.78 is 39.0. The summed E-state index contributed by atoms with van der Waals surface area (Å²) in [6.07, 6.45) is 0. The van der Waals surface area contributed by atoms with E-state index < -0.39 is 12.6 Å². The maximum Gasteiger partial charge on any atom is 0.387 e. The number of methoxy groups -OCH3 is 1. The van der Waals surface area contributed by atoms with Gasteiger partial charge in [0.1, 0.15) is 6.61 Å². The van der Waals surface area contributed by atoms with Crippen LogP contribution in [0.3, 0.4) is 0 Å². The minimum Gasteiger partial charge on any atom is -0.493 e. The first-order valence-electron chi connectivity index (χ1n) is 6.82. The highest BCUT2D eigenvalue weighted by Gasteiger charge is 2.12. The molecule has 7 heteroatoms. The minimum absolute atomic E-state index is 0.0653. The minimum atomic E-state index is -2.96. The Labute approximate surface area is 137 Å². The first-order chi connectivity index (χ1) is 11.5. The van der Waals surface area contributed by atoms with E-state index in [1.807, 2.05) is 6.07 Å². The second-order valence-corrected chi connectivity index (χ2v) is 4.63. The molecule has 0 aromatic heterocycles. The van der Waals surface area contributed by atoms with Gasteiger partial charge in [0.15, 0.2) is 11.5 Å². The number of benzene rings is 2. The number of halogens is 2. The lowest BCUT2D eigenvalue weighted by atomic mass is 10.1. The summed E-state index contributed by atoms with van der Waals surface area (Å²) in [7, 11) is 1.32. The van der Waals surface area contributed by atoms with Gasteiger partial charge in [0.25, 0.3) is 0 Å². The van der Waals surface area contributed by atoms with E-state index in [-0.39, 0.29) is 18.1 Å². The Kier molecular flexibility index (Phi) is 5.68. The van der Waals surface area contributed by atoms with E-state index in [2.05, 4.69) is 4.74 Å². The van der Waals surface area contributed by atoms with E-state index in [0.717, 1.165) is 0 Å². The third-order valence-corrected chi connectivity index (χ3v) is 3.06. The van der Waals surface area contributed by atoms with Crippen LogP contribution in [0.15, 0.2) is 42.5 Å². The molecule has 2 aromatic carbocycles.